The molecule has 0 amide bonds. The minimum absolute atomic E-state index is 0.0963. The highest BCUT2D eigenvalue weighted by Crippen LogP contribution is 2.31. The molecule has 0 unspecified atom stereocenters. The number of nitrogens with zero attached hydrogens (tertiary/aromatic N) is 4. The Morgan fingerprint density at radius 2 is 2.07 bits per heavy atom. The molecule has 160 valence electrons. The molecule has 30 heavy (non-hydrogen) atoms. The number of aryl methyl sites for hydroxylation is 1. The first kappa shape index (κ1) is 20.7. The molecule has 2 aromatic heterocycles. The van der Waals surface area contributed by atoms with Crippen molar-refractivity contribution in [1.82, 2.24) is 24.3 Å². The fourth-order valence-electron chi connectivity index (χ4n) is 3.59. The van der Waals surface area contributed by atoms with E-state index in [0.29, 0.717) is 43.0 Å². The second-order valence-corrected chi connectivity index (χ2v) is 9.36. The minimum atomic E-state index is -3.79. The maximum atomic E-state index is 13.0. The van der Waals surface area contributed by atoms with Gasteiger partial charge in [0.15, 0.2) is 11.5 Å². The van der Waals surface area contributed by atoms with Gasteiger partial charge in [0, 0.05) is 30.7 Å². The van der Waals surface area contributed by atoms with E-state index in [0.717, 1.165) is 5.56 Å². The molecule has 3 heterocycles. The fraction of sp³-hybridized carbons (Fsp3) is 0.421. The molecular formula is C19H24N6O4S. The Morgan fingerprint density at radius 1 is 1.30 bits per heavy atom. The van der Waals surface area contributed by atoms with Crippen molar-refractivity contribution >= 4 is 21.5 Å². The highest BCUT2D eigenvalue weighted by molar-refractivity contribution is 7.89. The summed E-state index contributed by atoms with van der Waals surface area (Å²) in [4.78, 5) is 8.30. The van der Waals surface area contributed by atoms with Gasteiger partial charge in [-0.25, -0.2) is 27.6 Å². The standard InChI is InChI=1S/C19H24N6O4S/c1-13-2-3-14(30(27,28)24-10-19(11-26)4-6-29-7-5-19)8-15(13)16-9-21-18-17(20)22-12-23-25(16)18/h2-3,8-9,12,24,26H,4-7,10-11H2,1H3,(H2,20,22,23). The second-order valence-electron chi connectivity index (χ2n) is 7.60. The predicted octanol–water partition coefficient (Wildman–Crippen LogP) is 0.749. The van der Waals surface area contributed by atoms with Gasteiger partial charge in [0.05, 0.1) is 23.4 Å². The van der Waals surface area contributed by atoms with Crippen LogP contribution in [0, 0.1) is 12.3 Å². The Morgan fingerprint density at radius 3 is 2.80 bits per heavy atom. The van der Waals surface area contributed by atoms with Crippen molar-refractivity contribution in [1.29, 1.82) is 0 Å². The summed E-state index contributed by atoms with van der Waals surface area (Å²) in [5, 5.41) is 14.0. The van der Waals surface area contributed by atoms with E-state index in [9.17, 15) is 13.5 Å². The van der Waals surface area contributed by atoms with Crippen LogP contribution in [0.1, 0.15) is 18.4 Å². The molecule has 4 N–H and O–H groups in total. The van der Waals surface area contributed by atoms with Crippen molar-refractivity contribution in [2.24, 2.45) is 5.41 Å². The summed E-state index contributed by atoms with van der Waals surface area (Å²) in [6.45, 7) is 2.96. The summed E-state index contributed by atoms with van der Waals surface area (Å²) < 4.78 is 35.5. The minimum Gasteiger partial charge on any atom is -0.396 e. The number of nitrogens with one attached hydrogen (secondary N) is 1. The number of aliphatic hydroxyl groups is 1. The number of nitrogen functional groups attached to an aromatic ring is 1. The molecule has 0 saturated carbocycles. The van der Waals surface area contributed by atoms with Gasteiger partial charge < -0.3 is 15.6 Å². The van der Waals surface area contributed by atoms with E-state index in [-0.39, 0.29) is 23.9 Å². The third-order valence-electron chi connectivity index (χ3n) is 5.65. The van der Waals surface area contributed by atoms with Crippen molar-refractivity contribution in [2.75, 3.05) is 32.1 Å². The van der Waals surface area contributed by atoms with E-state index in [2.05, 4.69) is 19.8 Å². The van der Waals surface area contributed by atoms with Gasteiger partial charge in [0.2, 0.25) is 10.0 Å². The maximum Gasteiger partial charge on any atom is 0.240 e. The van der Waals surface area contributed by atoms with Crippen molar-refractivity contribution in [3.8, 4) is 11.3 Å². The van der Waals surface area contributed by atoms with E-state index < -0.39 is 15.4 Å². The first-order valence-corrected chi connectivity index (χ1v) is 11.1. The van der Waals surface area contributed by atoms with Gasteiger partial charge in [-0.2, -0.15) is 5.10 Å². The number of hydrogen-bond donors (Lipinski definition) is 3. The van der Waals surface area contributed by atoms with E-state index in [4.69, 9.17) is 10.5 Å². The molecular weight excluding hydrogens is 408 g/mol. The number of sulfonamides is 1. The number of ether oxygens (including phenoxy) is 1. The SMILES string of the molecule is Cc1ccc(S(=O)(=O)NCC2(CO)CCOCC2)cc1-c1cnc2c(N)ncnn12. The van der Waals surface area contributed by atoms with Crippen LogP contribution in [0.5, 0.6) is 0 Å². The number of nitrogens with two attached hydrogens (primary N) is 1. The quantitative estimate of drug-likeness (QED) is 0.517. The summed E-state index contributed by atoms with van der Waals surface area (Å²) in [5.74, 6) is 0.241. The van der Waals surface area contributed by atoms with Gasteiger partial charge in [-0.15, -0.1) is 0 Å². The number of aliphatic hydroxyl groups excluding tert-OH is 1. The van der Waals surface area contributed by atoms with Crippen LogP contribution in [0.2, 0.25) is 0 Å². The van der Waals surface area contributed by atoms with Crippen LogP contribution >= 0.6 is 0 Å². The van der Waals surface area contributed by atoms with Crippen LogP contribution in [-0.4, -0.2) is 59.5 Å². The lowest BCUT2D eigenvalue weighted by Crippen LogP contribution is -2.43. The van der Waals surface area contributed by atoms with Crippen LogP contribution < -0.4 is 10.5 Å². The average molecular weight is 433 g/mol. The Bertz CT molecular complexity index is 1170. The third-order valence-corrected chi connectivity index (χ3v) is 7.05. The fourth-order valence-corrected chi connectivity index (χ4v) is 4.77. The molecule has 0 aliphatic carbocycles. The molecule has 11 heteroatoms. The van der Waals surface area contributed by atoms with Crippen LogP contribution in [0.3, 0.4) is 0 Å². The Balaban J connectivity index is 1.66. The molecule has 1 aliphatic rings. The molecule has 0 radical (unpaired) electrons. The molecule has 0 atom stereocenters. The van der Waals surface area contributed by atoms with Gasteiger partial charge in [-0.05, 0) is 37.5 Å². The number of fused-ring (bicyclic) bond motifs is 1. The number of rotatable bonds is 6. The third kappa shape index (κ3) is 3.76. The lowest BCUT2D eigenvalue weighted by Gasteiger charge is -2.35. The van der Waals surface area contributed by atoms with Gasteiger partial charge in [0.1, 0.15) is 6.33 Å². The van der Waals surface area contributed by atoms with Crippen LogP contribution in [0.15, 0.2) is 35.6 Å². The molecule has 0 bridgehead atoms. The van der Waals surface area contributed by atoms with E-state index >= 15 is 0 Å². The first-order chi connectivity index (χ1) is 14.4. The number of benzene rings is 1. The zero-order valence-corrected chi connectivity index (χ0v) is 17.4. The summed E-state index contributed by atoms with van der Waals surface area (Å²) in [5.41, 5.74) is 7.90. The Labute approximate surface area is 174 Å². The first-order valence-electron chi connectivity index (χ1n) is 9.59. The predicted molar refractivity (Wildman–Crippen MR) is 110 cm³/mol. The van der Waals surface area contributed by atoms with Gasteiger partial charge >= 0.3 is 0 Å². The lowest BCUT2D eigenvalue weighted by molar-refractivity contribution is -0.0126. The molecule has 1 aromatic carbocycles. The summed E-state index contributed by atoms with van der Waals surface area (Å²) in [6, 6.07) is 4.89. The van der Waals surface area contributed by atoms with Crippen LogP contribution in [-0.2, 0) is 14.8 Å². The summed E-state index contributed by atoms with van der Waals surface area (Å²) in [7, 11) is -3.79. The Kier molecular flexibility index (Phi) is 5.45. The topological polar surface area (TPSA) is 145 Å². The number of hydrogen-bond acceptors (Lipinski definition) is 8. The number of aromatic nitrogens is 4. The van der Waals surface area contributed by atoms with Crippen molar-refractivity contribution in [2.45, 2.75) is 24.7 Å². The maximum absolute atomic E-state index is 13.0. The van der Waals surface area contributed by atoms with Crippen LogP contribution in [0.25, 0.3) is 16.9 Å². The van der Waals surface area contributed by atoms with Crippen molar-refractivity contribution in [3.63, 3.8) is 0 Å². The smallest absolute Gasteiger partial charge is 0.240 e. The number of anilines is 1. The Hall–Kier alpha value is -2.60. The summed E-state index contributed by atoms with van der Waals surface area (Å²) >= 11 is 0. The molecule has 1 saturated heterocycles. The van der Waals surface area contributed by atoms with E-state index in [1.54, 1.807) is 24.4 Å². The molecule has 0 spiro atoms. The highest BCUT2D eigenvalue weighted by atomic mass is 32.2. The normalized spacial score (nSPS) is 16.7. The van der Waals surface area contributed by atoms with E-state index in [1.165, 1.54) is 10.8 Å². The molecule has 1 aliphatic heterocycles. The average Bonchev–Trinajstić information content (AvgIpc) is 3.19. The zero-order valence-electron chi connectivity index (χ0n) is 16.6. The van der Waals surface area contributed by atoms with Crippen LogP contribution in [0.4, 0.5) is 5.82 Å². The largest absolute Gasteiger partial charge is 0.396 e. The monoisotopic (exact) mass is 432 g/mol. The van der Waals surface area contributed by atoms with Crippen molar-refractivity contribution < 1.29 is 18.3 Å². The molecule has 10 nitrogen and oxygen atoms in total. The zero-order chi connectivity index (χ0) is 21.4. The van der Waals surface area contributed by atoms with Gasteiger partial charge in [0.25, 0.3) is 0 Å². The second kappa shape index (κ2) is 7.91. The van der Waals surface area contributed by atoms with Gasteiger partial charge in [-0.3, -0.25) is 0 Å². The summed E-state index contributed by atoms with van der Waals surface area (Å²) in [6.07, 6.45) is 4.13. The number of imidazole rings is 1. The van der Waals surface area contributed by atoms with Crippen molar-refractivity contribution in [3.05, 3.63) is 36.3 Å². The van der Waals surface area contributed by atoms with E-state index in [1.807, 2.05) is 6.92 Å². The molecule has 4 rings (SSSR count). The lowest BCUT2D eigenvalue weighted by atomic mass is 9.81. The highest BCUT2D eigenvalue weighted by Gasteiger charge is 2.33. The van der Waals surface area contributed by atoms with Gasteiger partial charge in [-0.1, -0.05) is 6.07 Å². The molecule has 3 aromatic rings. The molecule has 1 fully saturated rings.